The van der Waals surface area contributed by atoms with Gasteiger partial charge in [0.1, 0.15) is 0 Å². The molecule has 1 aliphatic heterocycles. The number of hydrogen-bond acceptors (Lipinski definition) is 2. The lowest BCUT2D eigenvalue weighted by Crippen LogP contribution is -2.51. The Hall–Kier alpha value is 0.190. The van der Waals surface area contributed by atoms with Crippen molar-refractivity contribution in [2.24, 2.45) is 0 Å². The van der Waals surface area contributed by atoms with Crippen LogP contribution in [0.15, 0.2) is 0 Å². The zero-order valence-corrected chi connectivity index (χ0v) is 15.3. The lowest BCUT2D eigenvalue weighted by molar-refractivity contribution is 0.0898. The summed E-state index contributed by atoms with van der Waals surface area (Å²) in [5, 5.41) is 0. The highest BCUT2D eigenvalue weighted by molar-refractivity contribution is 7.64. The molecule has 1 fully saturated rings. The van der Waals surface area contributed by atoms with Crippen molar-refractivity contribution in [3.8, 4) is 0 Å². The minimum atomic E-state index is -1.89. The molecule has 0 amide bonds. The molecule has 2 nitrogen and oxygen atoms in total. The highest BCUT2D eigenvalue weighted by Gasteiger charge is 2.38. The van der Waals surface area contributed by atoms with E-state index in [2.05, 4.69) is 39.5 Å². The SMILES string of the molecule is CCCCC(C)(CCCC)N1CCP(=O)(C(C)C)CC1. The van der Waals surface area contributed by atoms with Crippen molar-refractivity contribution < 1.29 is 4.57 Å². The molecule has 0 saturated carbocycles. The molecule has 1 heterocycles. The molecular weight excluding hydrogens is 265 g/mol. The Morgan fingerprint density at radius 2 is 1.50 bits per heavy atom. The Balaban J connectivity index is 2.67. The van der Waals surface area contributed by atoms with Gasteiger partial charge >= 0.3 is 0 Å². The zero-order valence-electron chi connectivity index (χ0n) is 14.5. The highest BCUT2D eigenvalue weighted by Crippen LogP contribution is 2.52. The molecule has 0 aromatic heterocycles. The largest absolute Gasteiger partial charge is 0.323 e. The minimum absolute atomic E-state index is 0.342. The molecule has 1 saturated heterocycles. The molecule has 0 atom stereocenters. The van der Waals surface area contributed by atoms with Crippen LogP contribution in [0.5, 0.6) is 0 Å². The Bertz CT molecular complexity index is 307. The fraction of sp³-hybridized carbons (Fsp3) is 1.00. The van der Waals surface area contributed by atoms with Gasteiger partial charge in [0.2, 0.25) is 0 Å². The van der Waals surface area contributed by atoms with E-state index < -0.39 is 7.14 Å². The van der Waals surface area contributed by atoms with Crippen molar-refractivity contribution in [2.45, 2.75) is 84.3 Å². The van der Waals surface area contributed by atoms with Gasteiger partial charge < -0.3 is 4.57 Å². The van der Waals surface area contributed by atoms with Crippen LogP contribution in [0, 0.1) is 0 Å². The molecule has 0 aromatic carbocycles. The van der Waals surface area contributed by atoms with E-state index in [1.807, 2.05) is 0 Å². The van der Waals surface area contributed by atoms with Gasteiger partial charge in [0.05, 0.1) is 7.14 Å². The summed E-state index contributed by atoms with van der Waals surface area (Å²) in [6.45, 7) is 13.4. The summed E-state index contributed by atoms with van der Waals surface area (Å²) in [5.74, 6) is 0. The Morgan fingerprint density at radius 1 is 1.05 bits per heavy atom. The van der Waals surface area contributed by atoms with Gasteiger partial charge in [0.15, 0.2) is 0 Å². The summed E-state index contributed by atoms with van der Waals surface area (Å²) < 4.78 is 12.8. The molecule has 0 N–H and O–H groups in total. The second-order valence-electron chi connectivity index (χ2n) is 7.18. The van der Waals surface area contributed by atoms with Crippen molar-refractivity contribution >= 4 is 7.14 Å². The number of rotatable bonds is 8. The van der Waals surface area contributed by atoms with Gasteiger partial charge in [-0.3, -0.25) is 4.90 Å². The molecule has 0 unspecified atom stereocenters. The Labute approximate surface area is 127 Å². The summed E-state index contributed by atoms with van der Waals surface area (Å²) >= 11 is 0. The first kappa shape index (κ1) is 18.2. The van der Waals surface area contributed by atoms with E-state index in [1.54, 1.807) is 0 Å². The maximum atomic E-state index is 12.8. The number of unbranched alkanes of at least 4 members (excludes halogenated alkanes) is 2. The second kappa shape index (κ2) is 7.99. The summed E-state index contributed by atoms with van der Waals surface area (Å²) in [4.78, 5) is 2.66. The number of nitrogens with zero attached hydrogens (tertiary/aromatic N) is 1. The van der Waals surface area contributed by atoms with Crippen LogP contribution in [0.2, 0.25) is 0 Å². The summed E-state index contributed by atoms with van der Waals surface area (Å²) in [6, 6.07) is 0. The molecular formula is C17H36NOP. The summed E-state index contributed by atoms with van der Waals surface area (Å²) in [7, 11) is -1.89. The van der Waals surface area contributed by atoms with Gasteiger partial charge in [-0.05, 0) is 19.8 Å². The fourth-order valence-electron chi connectivity index (χ4n) is 3.42. The van der Waals surface area contributed by atoms with Gasteiger partial charge in [-0.25, -0.2) is 0 Å². The van der Waals surface area contributed by atoms with E-state index in [9.17, 15) is 4.57 Å². The first-order valence-corrected chi connectivity index (χ1v) is 10.9. The van der Waals surface area contributed by atoms with E-state index in [0.717, 1.165) is 25.4 Å². The third-order valence-electron chi connectivity index (χ3n) is 5.34. The van der Waals surface area contributed by atoms with Gasteiger partial charge in [-0.2, -0.15) is 0 Å². The van der Waals surface area contributed by atoms with E-state index in [1.165, 1.54) is 38.5 Å². The maximum Gasteiger partial charge on any atom is 0.0926 e. The predicted molar refractivity (Wildman–Crippen MR) is 91.5 cm³/mol. The summed E-state index contributed by atoms with van der Waals surface area (Å²) in [6.07, 6.45) is 9.68. The molecule has 20 heavy (non-hydrogen) atoms. The zero-order chi connectivity index (χ0) is 15.2. The second-order valence-corrected chi connectivity index (χ2v) is 11.0. The smallest absolute Gasteiger partial charge is 0.0926 e. The van der Waals surface area contributed by atoms with Crippen molar-refractivity contribution in [3.63, 3.8) is 0 Å². The first-order valence-electron chi connectivity index (χ1n) is 8.71. The monoisotopic (exact) mass is 301 g/mol. The lowest BCUT2D eigenvalue weighted by atomic mass is 9.87. The molecule has 1 rings (SSSR count). The lowest BCUT2D eigenvalue weighted by Gasteiger charge is -2.46. The van der Waals surface area contributed by atoms with Crippen LogP contribution in [0.1, 0.15) is 73.1 Å². The van der Waals surface area contributed by atoms with Crippen LogP contribution in [-0.4, -0.2) is 41.5 Å². The molecule has 0 bridgehead atoms. The normalized spacial score (nSPS) is 20.5. The standard InChI is InChI=1S/C17H36NOP/c1-6-8-10-17(5,11-9-7-2)18-12-14-20(19,15-13-18)16(3)4/h16H,6-15H2,1-5H3. The van der Waals surface area contributed by atoms with E-state index in [-0.39, 0.29) is 0 Å². The topological polar surface area (TPSA) is 20.3 Å². The molecule has 1 aliphatic rings. The third kappa shape index (κ3) is 4.60. The van der Waals surface area contributed by atoms with Crippen LogP contribution in [0.4, 0.5) is 0 Å². The van der Waals surface area contributed by atoms with Crippen LogP contribution < -0.4 is 0 Å². The van der Waals surface area contributed by atoms with Gasteiger partial charge in [-0.1, -0.05) is 53.4 Å². The number of hydrogen-bond donors (Lipinski definition) is 0. The van der Waals surface area contributed by atoms with Crippen LogP contribution >= 0.6 is 7.14 Å². The molecule has 120 valence electrons. The quantitative estimate of drug-likeness (QED) is 0.573. The predicted octanol–water partition coefficient (Wildman–Crippen LogP) is 5.21. The highest BCUT2D eigenvalue weighted by atomic mass is 31.2. The molecule has 0 spiro atoms. The van der Waals surface area contributed by atoms with Crippen molar-refractivity contribution in [2.75, 3.05) is 25.4 Å². The summed E-state index contributed by atoms with van der Waals surface area (Å²) in [5.41, 5.74) is 0.719. The van der Waals surface area contributed by atoms with E-state index >= 15 is 0 Å². The molecule has 0 aromatic rings. The molecule has 3 heteroatoms. The van der Waals surface area contributed by atoms with E-state index in [0.29, 0.717) is 11.2 Å². The van der Waals surface area contributed by atoms with E-state index in [4.69, 9.17) is 0 Å². The molecule has 0 aliphatic carbocycles. The van der Waals surface area contributed by atoms with Crippen LogP contribution in [-0.2, 0) is 4.57 Å². The molecule has 0 radical (unpaired) electrons. The average molecular weight is 301 g/mol. The first-order chi connectivity index (χ1) is 9.38. The van der Waals surface area contributed by atoms with Crippen molar-refractivity contribution in [3.05, 3.63) is 0 Å². The van der Waals surface area contributed by atoms with Gasteiger partial charge in [0, 0.05) is 36.6 Å². The average Bonchev–Trinajstić information content (AvgIpc) is 2.43. The van der Waals surface area contributed by atoms with Crippen molar-refractivity contribution in [1.29, 1.82) is 0 Å². The van der Waals surface area contributed by atoms with Gasteiger partial charge in [0.25, 0.3) is 0 Å². The van der Waals surface area contributed by atoms with Crippen molar-refractivity contribution in [1.82, 2.24) is 4.90 Å². The Kier molecular flexibility index (Phi) is 7.29. The Morgan fingerprint density at radius 3 is 1.85 bits per heavy atom. The van der Waals surface area contributed by atoms with Crippen LogP contribution in [0.3, 0.4) is 0 Å². The van der Waals surface area contributed by atoms with Crippen LogP contribution in [0.25, 0.3) is 0 Å². The maximum absolute atomic E-state index is 12.8. The fourth-order valence-corrected chi connectivity index (χ4v) is 5.83. The van der Waals surface area contributed by atoms with Gasteiger partial charge in [-0.15, -0.1) is 0 Å². The third-order valence-corrected chi connectivity index (χ3v) is 9.14. The minimum Gasteiger partial charge on any atom is -0.323 e.